The van der Waals surface area contributed by atoms with Crippen LogP contribution in [0.1, 0.15) is 46.0 Å². The van der Waals surface area contributed by atoms with Gasteiger partial charge in [-0.05, 0) is 38.2 Å². The van der Waals surface area contributed by atoms with E-state index in [1.54, 1.807) is 26.0 Å². The zero-order valence-electron chi connectivity index (χ0n) is 10.3. The highest BCUT2D eigenvalue weighted by Gasteiger charge is 2.29. The Labute approximate surface area is 97.4 Å². The molecule has 92 valence electrons. The summed E-state index contributed by atoms with van der Waals surface area (Å²) in [6.07, 6.45) is 10.6. The third-order valence-corrected chi connectivity index (χ3v) is 3.23. The van der Waals surface area contributed by atoms with Gasteiger partial charge in [-0.25, -0.2) is 8.78 Å². The van der Waals surface area contributed by atoms with Gasteiger partial charge < -0.3 is 0 Å². The maximum absolute atomic E-state index is 14.1. The Bertz CT molecular complexity index is 252. The van der Waals surface area contributed by atoms with Crippen molar-refractivity contribution in [2.75, 3.05) is 6.67 Å². The first-order chi connectivity index (χ1) is 7.55. The first-order valence-electron chi connectivity index (χ1n) is 6.18. The highest BCUT2D eigenvalue weighted by molar-refractivity contribution is 5.23. The van der Waals surface area contributed by atoms with E-state index in [4.69, 9.17) is 0 Å². The molecule has 2 heteroatoms. The summed E-state index contributed by atoms with van der Waals surface area (Å²) in [5, 5.41) is 0. The number of alkyl halides is 2. The summed E-state index contributed by atoms with van der Waals surface area (Å²) in [6.45, 7) is 2.70. The van der Waals surface area contributed by atoms with Crippen LogP contribution in [0.4, 0.5) is 8.78 Å². The van der Waals surface area contributed by atoms with Crippen molar-refractivity contribution >= 4 is 0 Å². The van der Waals surface area contributed by atoms with Crippen molar-refractivity contribution in [2.24, 2.45) is 5.92 Å². The molecule has 1 aliphatic rings. The monoisotopic (exact) mass is 228 g/mol. The molecular weight excluding hydrogens is 206 g/mol. The lowest BCUT2D eigenvalue weighted by molar-refractivity contribution is 0.228. The maximum Gasteiger partial charge on any atom is 0.127 e. The average molecular weight is 228 g/mol. The predicted octanol–water partition coefficient (Wildman–Crippen LogP) is 4.77. The first kappa shape index (κ1) is 13.4. The molecule has 1 saturated carbocycles. The zero-order chi connectivity index (χ0) is 12.0. The van der Waals surface area contributed by atoms with E-state index in [-0.39, 0.29) is 0 Å². The lowest BCUT2D eigenvalue weighted by atomic mass is 9.78. The Kier molecular flexibility index (Phi) is 5.17. The van der Waals surface area contributed by atoms with Gasteiger partial charge in [0.15, 0.2) is 0 Å². The number of rotatable bonds is 4. The molecule has 0 heterocycles. The molecule has 0 radical (unpaired) electrons. The quantitative estimate of drug-likeness (QED) is 0.608. The largest absolute Gasteiger partial charge is 0.247 e. The smallest absolute Gasteiger partial charge is 0.127 e. The van der Waals surface area contributed by atoms with Gasteiger partial charge in [0.05, 0.1) is 0 Å². The summed E-state index contributed by atoms with van der Waals surface area (Å²) in [6, 6.07) is 0. The van der Waals surface area contributed by atoms with Crippen LogP contribution in [-0.2, 0) is 0 Å². The lowest BCUT2D eigenvalue weighted by Gasteiger charge is -2.30. The van der Waals surface area contributed by atoms with Gasteiger partial charge in [-0.3, -0.25) is 0 Å². The summed E-state index contributed by atoms with van der Waals surface area (Å²) in [5.74, 6) is 0.345. The van der Waals surface area contributed by atoms with Gasteiger partial charge in [-0.15, -0.1) is 0 Å². The molecule has 0 atom stereocenters. The van der Waals surface area contributed by atoms with Crippen LogP contribution in [0.5, 0.6) is 0 Å². The molecule has 0 aromatic rings. The molecule has 0 bridgehead atoms. The lowest BCUT2D eigenvalue weighted by Crippen LogP contribution is -2.24. The van der Waals surface area contributed by atoms with Crippen LogP contribution in [-0.4, -0.2) is 12.3 Å². The SMILES string of the molecule is CC(C)(F)/C(=C\C=C/CF)C1CCCCC1. The number of halogens is 2. The zero-order valence-corrected chi connectivity index (χ0v) is 10.3. The van der Waals surface area contributed by atoms with E-state index in [9.17, 15) is 8.78 Å². The second-order valence-electron chi connectivity index (χ2n) is 5.01. The van der Waals surface area contributed by atoms with Gasteiger partial charge in [-0.2, -0.15) is 0 Å². The van der Waals surface area contributed by atoms with Gasteiger partial charge in [0.25, 0.3) is 0 Å². The molecule has 0 N–H and O–H groups in total. The average Bonchev–Trinajstić information content (AvgIpc) is 2.24. The standard InChI is InChI=1S/C14H22F2/c1-14(2,16)13(10-6-7-11-15)12-8-4-3-5-9-12/h6-7,10,12H,3-5,8-9,11H2,1-2H3/b7-6-,13-10-. The molecule has 0 spiro atoms. The van der Waals surface area contributed by atoms with Crippen LogP contribution >= 0.6 is 0 Å². The molecular formula is C14H22F2. The van der Waals surface area contributed by atoms with Gasteiger partial charge in [0, 0.05) is 0 Å². The van der Waals surface area contributed by atoms with Crippen molar-refractivity contribution in [1.29, 1.82) is 0 Å². The third-order valence-electron chi connectivity index (χ3n) is 3.23. The predicted molar refractivity (Wildman–Crippen MR) is 65.0 cm³/mol. The molecule has 1 rings (SSSR count). The van der Waals surface area contributed by atoms with E-state index >= 15 is 0 Å². The normalized spacial score (nSPS) is 20.6. The first-order valence-corrected chi connectivity index (χ1v) is 6.18. The molecule has 1 fully saturated rings. The van der Waals surface area contributed by atoms with E-state index in [2.05, 4.69) is 0 Å². The van der Waals surface area contributed by atoms with Gasteiger partial charge in [0.1, 0.15) is 12.3 Å². The molecule has 0 amide bonds. The fourth-order valence-corrected chi connectivity index (χ4v) is 2.46. The minimum Gasteiger partial charge on any atom is -0.247 e. The van der Waals surface area contributed by atoms with Gasteiger partial charge >= 0.3 is 0 Å². The minimum atomic E-state index is -1.29. The Morgan fingerprint density at radius 1 is 1.25 bits per heavy atom. The number of hydrogen-bond acceptors (Lipinski definition) is 0. The minimum absolute atomic E-state index is 0.345. The van der Waals surface area contributed by atoms with Crippen molar-refractivity contribution < 1.29 is 8.78 Å². The summed E-state index contributed by atoms with van der Waals surface area (Å²) >= 11 is 0. The van der Waals surface area contributed by atoms with Crippen LogP contribution in [0.3, 0.4) is 0 Å². The third kappa shape index (κ3) is 4.07. The second-order valence-corrected chi connectivity index (χ2v) is 5.01. The molecule has 0 aromatic carbocycles. The van der Waals surface area contributed by atoms with Crippen molar-refractivity contribution in [1.82, 2.24) is 0 Å². The fraction of sp³-hybridized carbons (Fsp3) is 0.714. The molecule has 16 heavy (non-hydrogen) atoms. The summed E-state index contributed by atoms with van der Waals surface area (Å²) < 4.78 is 26.0. The summed E-state index contributed by atoms with van der Waals surface area (Å²) in [5.41, 5.74) is -0.459. The van der Waals surface area contributed by atoms with E-state index in [0.29, 0.717) is 5.92 Å². The van der Waals surface area contributed by atoms with Crippen LogP contribution in [0.15, 0.2) is 23.8 Å². The van der Waals surface area contributed by atoms with Crippen LogP contribution in [0, 0.1) is 5.92 Å². The Hall–Kier alpha value is -0.660. The van der Waals surface area contributed by atoms with E-state index in [0.717, 1.165) is 18.4 Å². The molecule has 0 aliphatic heterocycles. The van der Waals surface area contributed by atoms with Crippen molar-refractivity contribution in [3.8, 4) is 0 Å². The topological polar surface area (TPSA) is 0 Å². The van der Waals surface area contributed by atoms with Crippen molar-refractivity contribution in [2.45, 2.75) is 51.6 Å². The molecule has 1 aliphatic carbocycles. The summed E-state index contributed by atoms with van der Waals surface area (Å²) in [7, 11) is 0. The maximum atomic E-state index is 14.1. The number of allylic oxidation sites excluding steroid dienone is 4. The van der Waals surface area contributed by atoms with E-state index in [1.165, 1.54) is 25.3 Å². The summed E-state index contributed by atoms with van der Waals surface area (Å²) in [4.78, 5) is 0. The Morgan fingerprint density at radius 2 is 1.88 bits per heavy atom. The van der Waals surface area contributed by atoms with Gasteiger partial charge in [-0.1, -0.05) is 37.5 Å². The Balaban J connectivity index is 2.77. The second kappa shape index (κ2) is 6.17. The van der Waals surface area contributed by atoms with Gasteiger partial charge in [0.2, 0.25) is 0 Å². The fourth-order valence-electron chi connectivity index (χ4n) is 2.46. The molecule has 0 unspecified atom stereocenters. The van der Waals surface area contributed by atoms with E-state index < -0.39 is 12.3 Å². The van der Waals surface area contributed by atoms with Crippen LogP contribution < -0.4 is 0 Å². The molecule has 0 nitrogen and oxygen atoms in total. The molecule has 0 saturated heterocycles. The van der Waals surface area contributed by atoms with Crippen molar-refractivity contribution in [3.05, 3.63) is 23.8 Å². The van der Waals surface area contributed by atoms with Crippen LogP contribution in [0.25, 0.3) is 0 Å². The van der Waals surface area contributed by atoms with Crippen LogP contribution in [0.2, 0.25) is 0 Å². The Morgan fingerprint density at radius 3 is 2.38 bits per heavy atom. The highest BCUT2D eigenvalue weighted by Crippen LogP contribution is 2.36. The van der Waals surface area contributed by atoms with Crippen molar-refractivity contribution in [3.63, 3.8) is 0 Å². The highest BCUT2D eigenvalue weighted by atomic mass is 19.1. The number of hydrogen-bond donors (Lipinski definition) is 0. The molecule has 0 aromatic heterocycles. The van der Waals surface area contributed by atoms with E-state index in [1.807, 2.05) is 0 Å².